The first-order valence-corrected chi connectivity index (χ1v) is 17.1. The van der Waals surface area contributed by atoms with Gasteiger partial charge in [-0.05, 0) is 62.2 Å². The van der Waals surface area contributed by atoms with Gasteiger partial charge in [0.15, 0.2) is 12.1 Å². The first-order valence-electron chi connectivity index (χ1n) is 17.1. The van der Waals surface area contributed by atoms with Crippen molar-refractivity contribution in [3.05, 3.63) is 23.8 Å². The molecule has 1 aliphatic heterocycles. The smallest absolute Gasteiger partial charge is 0.187 e. The predicted molar refractivity (Wildman–Crippen MR) is 170 cm³/mol. The molecule has 47 heavy (non-hydrogen) atoms. The number of Topliss-reactive ketones (excluding diaryl/α,β-unsaturated/α-hetero) is 2. The molecule has 0 unspecified atom stereocenters. The second-order valence-electron chi connectivity index (χ2n) is 16.8. The highest BCUT2D eigenvalue weighted by Gasteiger charge is 2.74. The molecule has 15 atom stereocenters. The Morgan fingerprint density at radius 3 is 2.28 bits per heavy atom. The second-order valence-corrected chi connectivity index (χ2v) is 16.8. The van der Waals surface area contributed by atoms with E-state index in [9.17, 15) is 45.3 Å². The van der Waals surface area contributed by atoms with Gasteiger partial charge in [-0.15, -0.1) is 6.58 Å². The molecule has 1 saturated heterocycles. The zero-order valence-electron chi connectivity index (χ0n) is 28.8. The number of hydrogen-bond acceptors (Lipinski definition) is 11. The number of aliphatic hydroxyl groups is 7. The molecule has 0 aromatic heterocycles. The minimum Gasteiger partial charge on any atom is -0.394 e. The quantitative estimate of drug-likeness (QED) is 0.186. The molecule has 4 aliphatic carbocycles. The molecule has 11 heteroatoms. The Morgan fingerprint density at radius 2 is 1.68 bits per heavy atom. The van der Waals surface area contributed by atoms with Gasteiger partial charge in [-0.1, -0.05) is 51.8 Å². The largest absolute Gasteiger partial charge is 0.394 e. The number of fused-ring (bicyclic) bond motifs is 5. The minimum atomic E-state index is -1.85. The van der Waals surface area contributed by atoms with Gasteiger partial charge in [0, 0.05) is 29.6 Å². The SMILES string of the molecule is C=C(C)CCC(=O)[C@](C)(O)[C@H]1[C@H](O)C[C@@]2(C)[C@@H]3CC=C4[C@@H](C[C@H](O[C@@H]5O[C@H](CO)[C@@H](O)[C@H](O)[C@H]5O)[C@@H](O)C4(C)C)[C@]3(C)C(=O)C[C@]12C. The number of carbonyl (C=O) groups excluding carboxylic acids is 2. The van der Waals surface area contributed by atoms with Crippen LogP contribution in [0, 0.1) is 39.4 Å². The van der Waals surface area contributed by atoms with E-state index in [0.29, 0.717) is 19.3 Å². The molecular weight excluding hydrogens is 608 g/mol. The van der Waals surface area contributed by atoms with Crippen molar-refractivity contribution >= 4 is 11.6 Å². The summed E-state index contributed by atoms with van der Waals surface area (Å²) in [5.41, 5.74) is -3.45. The number of rotatable bonds is 8. The van der Waals surface area contributed by atoms with E-state index in [1.165, 1.54) is 6.92 Å². The molecule has 1 heterocycles. The fourth-order valence-corrected chi connectivity index (χ4v) is 10.8. The molecule has 0 spiro atoms. The lowest BCUT2D eigenvalue weighted by molar-refractivity contribution is -0.323. The van der Waals surface area contributed by atoms with Crippen LogP contribution in [0.3, 0.4) is 0 Å². The summed E-state index contributed by atoms with van der Waals surface area (Å²) in [5, 5.41) is 76.1. The van der Waals surface area contributed by atoms with Crippen LogP contribution >= 0.6 is 0 Å². The van der Waals surface area contributed by atoms with E-state index in [2.05, 4.69) is 19.6 Å². The normalized spacial score (nSPS) is 48.9. The lowest BCUT2D eigenvalue weighted by Crippen LogP contribution is -2.66. The Morgan fingerprint density at radius 1 is 1.04 bits per heavy atom. The van der Waals surface area contributed by atoms with Crippen LogP contribution < -0.4 is 0 Å². The van der Waals surface area contributed by atoms with Gasteiger partial charge in [-0.2, -0.15) is 0 Å². The third-order valence-electron chi connectivity index (χ3n) is 13.7. The Labute approximate surface area is 277 Å². The van der Waals surface area contributed by atoms with E-state index < -0.39 is 94.7 Å². The van der Waals surface area contributed by atoms with Crippen LogP contribution in [-0.4, -0.2) is 109 Å². The summed E-state index contributed by atoms with van der Waals surface area (Å²) >= 11 is 0. The van der Waals surface area contributed by atoms with Crippen LogP contribution in [0.5, 0.6) is 0 Å². The van der Waals surface area contributed by atoms with Crippen molar-refractivity contribution in [1.29, 1.82) is 0 Å². The first-order chi connectivity index (χ1) is 21.6. The molecule has 0 aromatic carbocycles. The van der Waals surface area contributed by atoms with Crippen LogP contribution in [0.15, 0.2) is 23.8 Å². The lowest BCUT2D eigenvalue weighted by Gasteiger charge is -2.65. The molecular formula is C36H56O11. The summed E-state index contributed by atoms with van der Waals surface area (Å²) in [5.74, 6) is -1.94. The average molecular weight is 665 g/mol. The van der Waals surface area contributed by atoms with Gasteiger partial charge >= 0.3 is 0 Å². The number of allylic oxidation sites excluding steroid dienone is 2. The van der Waals surface area contributed by atoms with Gasteiger partial charge in [0.2, 0.25) is 0 Å². The maximum Gasteiger partial charge on any atom is 0.187 e. The molecule has 11 nitrogen and oxygen atoms in total. The van der Waals surface area contributed by atoms with Gasteiger partial charge in [-0.3, -0.25) is 9.59 Å². The van der Waals surface area contributed by atoms with E-state index in [4.69, 9.17) is 9.47 Å². The van der Waals surface area contributed by atoms with Gasteiger partial charge in [0.05, 0.1) is 24.9 Å². The highest BCUT2D eigenvalue weighted by Crippen LogP contribution is 2.74. The summed E-state index contributed by atoms with van der Waals surface area (Å²) < 4.78 is 11.8. The van der Waals surface area contributed by atoms with Gasteiger partial charge in [0.1, 0.15) is 35.8 Å². The van der Waals surface area contributed by atoms with Gasteiger partial charge in [-0.25, -0.2) is 0 Å². The monoisotopic (exact) mass is 664 g/mol. The number of hydrogen-bond donors (Lipinski definition) is 7. The highest BCUT2D eigenvalue weighted by atomic mass is 16.7. The van der Waals surface area contributed by atoms with Crippen LogP contribution in [-0.2, 0) is 19.1 Å². The molecule has 5 aliphatic rings. The molecule has 0 bridgehead atoms. The first kappa shape index (κ1) is 36.7. The molecule has 0 aromatic rings. The van der Waals surface area contributed by atoms with Crippen molar-refractivity contribution in [2.24, 2.45) is 39.4 Å². The number of aliphatic hydroxyl groups excluding tert-OH is 6. The van der Waals surface area contributed by atoms with Crippen molar-refractivity contribution in [1.82, 2.24) is 0 Å². The fourth-order valence-electron chi connectivity index (χ4n) is 10.8. The summed E-state index contributed by atoms with van der Waals surface area (Å²) in [7, 11) is 0. The predicted octanol–water partition coefficient (Wildman–Crippen LogP) is 1.57. The Kier molecular flexibility index (Phi) is 9.42. The summed E-state index contributed by atoms with van der Waals surface area (Å²) in [6.45, 7) is 16.3. The van der Waals surface area contributed by atoms with Crippen molar-refractivity contribution in [3.8, 4) is 0 Å². The third kappa shape index (κ3) is 5.26. The number of ketones is 2. The van der Waals surface area contributed by atoms with Gasteiger partial charge < -0.3 is 45.2 Å². The molecule has 0 amide bonds. The van der Waals surface area contributed by atoms with Crippen LogP contribution in [0.1, 0.15) is 87.0 Å². The zero-order chi connectivity index (χ0) is 35.2. The summed E-state index contributed by atoms with van der Waals surface area (Å²) in [6.07, 6.45) is -6.82. The molecule has 4 fully saturated rings. The van der Waals surface area contributed by atoms with E-state index in [1.54, 1.807) is 0 Å². The summed E-state index contributed by atoms with van der Waals surface area (Å²) in [4.78, 5) is 28.2. The Balaban J connectivity index is 1.50. The fraction of sp³-hybridized carbons (Fsp3) is 0.833. The van der Waals surface area contributed by atoms with Gasteiger partial charge in [0.25, 0.3) is 0 Å². The Bertz CT molecular complexity index is 1310. The van der Waals surface area contributed by atoms with E-state index in [-0.39, 0.29) is 36.7 Å². The lowest BCUT2D eigenvalue weighted by atomic mass is 9.38. The van der Waals surface area contributed by atoms with Crippen LogP contribution in [0.4, 0.5) is 0 Å². The molecule has 5 rings (SSSR count). The third-order valence-corrected chi connectivity index (χ3v) is 13.7. The van der Waals surface area contributed by atoms with Crippen molar-refractivity contribution in [2.45, 2.75) is 142 Å². The minimum absolute atomic E-state index is 0.0406. The standard InChI is InChI=1S/C36H56O11/c1-17(2)9-12-24(39)36(8,45)29-20(38)14-33(5)23-11-10-18-19(35(23,7)25(40)15-34(29,33)6)13-21(30(44)32(18,3)4)46-31-28(43)27(42)26(41)22(16-37)47-31/h10,19-23,26-31,37-38,41-45H,1,9,11-16H2,2-8H3/t19-,20-,21+,22-,23+,26-,27+,28-,29+,30-,31-,33+,34-,35+,36+/m1/s1. The summed E-state index contributed by atoms with van der Waals surface area (Å²) in [6, 6.07) is 0. The van der Waals surface area contributed by atoms with Crippen molar-refractivity contribution < 1.29 is 54.8 Å². The van der Waals surface area contributed by atoms with E-state index in [0.717, 1.165) is 11.1 Å². The number of carbonyl (C=O) groups is 2. The molecule has 3 saturated carbocycles. The maximum absolute atomic E-state index is 14.7. The molecule has 266 valence electrons. The van der Waals surface area contributed by atoms with E-state index >= 15 is 0 Å². The maximum atomic E-state index is 14.7. The highest BCUT2D eigenvalue weighted by molar-refractivity contribution is 5.90. The van der Waals surface area contributed by atoms with Crippen molar-refractivity contribution in [3.63, 3.8) is 0 Å². The van der Waals surface area contributed by atoms with Crippen LogP contribution in [0.25, 0.3) is 0 Å². The second kappa shape index (κ2) is 12.1. The van der Waals surface area contributed by atoms with Crippen LogP contribution in [0.2, 0.25) is 0 Å². The molecule has 0 radical (unpaired) electrons. The van der Waals surface area contributed by atoms with E-state index in [1.807, 2.05) is 34.6 Å². The molecule has 7 N–H and O–H groups in total. The topological polar surface area (TPSA) is 194 Å². The zero-order valence-corrected chi connectivity index (χ0v) is 28.8. The van der Waals surface area contributed by atoms with Crippen molar-refractivity contribution in [2.75, 3.05) is 6.61 Å². The Hall–Kier alpha value is -1.54. The average Bonchev–Trinajstić information content (AvgIpc) is 3.19. The number of ether oxygens (including phenoxy) is 2.